The lowest BCUT2D eigenvalue weighted by Crippen LogP contribution is -2.53. The molecule has 3 heterocycles. The molecule has 8 heteroatoms. The maximum absolute atomic E-state index is 13.1. The zero-order chi connectivity index (χ0) is 18.3. The van der Waals surface area contributed by atoms with Crippen molar-refractivity contribution in [3.05, 3.63) is 18.0 Å². The number of aromatic amines is 1. The summed E-state index contributed by atoms with van der Waals surface area (Å²) in [5, 5.41) is 17.5. The maximum atomic E-state index is 13.1. The van der Waals surface area contributed by atoms with E-state index in [-0.39, 0.29) is 0 Å². The summed E-state index contributed by atoms with van der Waals surface area (Å²) >= 11 is 0. The molecule has 1 aromatic rings. The van der Waals surface area contributed by atoms with E-state index in [1.165, 1.54) is 32.1 Å². The molecule has 1 aromatic heterocycles. The highest BCUT2D eigenvalue weighted by Crippen LogP contribution is 2.45. The number of hydrogen-bond acceptors (Lipinski definition) is 4. The third-order valence-corrected chi connectivity index (χ3v) is 8.94. The molecule has 1 saturated carbocycles. The molecule has 2 N–H and O–H groups in total. The van der Waals surface area contributed by atoms with Gasteiger partial charge in [0.25, 0.3) is 10.2 Å². The van der Waals surface area contributed by atoms with Crippen molar-refractivity contribution in [2.75, 3.05) is 26.2 Å². The van der Waals surface area contributed by atoms with Crippen molar-refractivity contribution in [1.29, 1.82) is 0 Å². The summed E-state index contributed by atoms with van der Waals surface area (Å²) in [6.45, 7) is 1.98. The van der Waals surface area contributed by atoms with Crippen molar-refractivity contribution < 1.29 is 13.5 Å². The fourth-order valence-electron chi connectivity index (χ4n) is 5.03. The molecule has 0 bridgehead atoms. The molecule has 0 amide bonds. The highest BCUT2D eigenvalue weighted by molar-refractivity contribution is 7.86. The van der Waals surface area contributed by atoms with E-state index in [1.807, 2.05) is 0 Å². The van der Waals surface area contributed by atoms with Gasteiger partial charge in [0.15, 0.2) is 0 Å². The van der Waals surface area contributed by atoms with E-state index in [4.69, 9.17) is 0 Å². The molecule has 146 valence electrons. The monoisotopic (exact) mass is 382 g/mol. The lowest BCUT2D eigenvalue weighted by Gasteiger charge is -2.45. The van der Waals surface area contributed by atoms with Gasteiger partial charge in [-0.05, 0) is 50.0 Å². The number of nitrogens with zero attached hydrogens (tertiary/aromatic N) is 3. The number of piperidine rings is 2. The second-order valence-electron chi connectivity index (χ2n) is 8.37. The molecule has 3 fully saturated rings. The van der Waals surface area contributed by atoms with Gasteiger partial charge in [-0.25, -0.2) is 0 Å². The molecular weight excluding hydrogens is 352 g/mol. The van der Waals surface area contributed by atoms with Gasteiger partial charge >= 0.3 is 0 Å². The van der Waals surface area contributed by atoms with Crippen LogP contribution in [-0.2, 0) is 15.8 Å². The molecule has 1 aliphatic carbocycles. The zero-order valence-electron chi connectivity index (χ0n) is 15.4. The summed E-state index contributed by atoms with van der Waals surface area (Å²) in [5.41, 5.74) is 0.0654. The van der Waals surface area contributed by atoms with Crippen molar-refractivity contribution in [2.45, 2.75) is 63.4 Å². The van der Waals surface area contributed by atoms with Crippen molar-refractivity contribution in [3.63, 3.8) is 0 Å². The summed E-state index contributed by atoms with van der Waals surface area (Å²) in [5.74, 6) is 0. The smallest absolute Gasteiger partial charge is 0.281 e. The van der Waals surface area contributed by atoms with Gasteiger partial charge in [-0.15, -0.1) is 0 Å². The van der Waals surface area contributed by atoms with Crippen LogP contribution in [0.25, 0.3) is 0 Å². The third-order valence-electron chi connectivity index (χ3n) is 6.90. The Kier molecular flexibility index (Phi) is 4.88. The largest absolute Gasteiger partial charge is 0.383 e. The fraction of sp³-hybridized carbons (Fsp3) is 0.833. The molecule has 7 nitrogen and oxygen atoms in total. The zero-order valence-corrected chi connectivity index (χ0v) is 16.2. The Morgan fingerprint density at radius 1 is 0.923 bits per heavy atom. The first-order valence-electron chi connectivity index (χ1n) is 9.91. The topological polar surface area (TPSA) is 89.5 Å². The SMILES string of the molecule is O=S(=O)(N1CCC2(CCCCC2)CC1)N1CCC(O)(c2ccn[nH]2)CC1. The quantitative estimate of drug-likeness (QED) is 0.836. The Labute approximate surface area is 155 Å². The third kappa shape index (κ3) is 3.32. The van der Waals surface area contributed by atoms with Crippen LogP contribution in [0.2, 0.25) is 0 Å². The summed E-state index contributed by atoms with van der Waals surface area (Å²) in [4.78, 5) is 0. The van der Waals surface area contributed by atoms with Crippen LogP contribution < -0.4 is 0 Å². The minimum atomic E-state index is -3.43. The second kappa shape index (κ2) is 6.89. The fourth-order valence-corrected chi connectivity index (χ4v) is 6.64. The molecule has 0 unspecified atom stereocenters. The first kappa shape index (κ1) is 18.4. The van der Waals surface area contributed by atoms with Gasteiger partial charge in [0.1, 0.15) is 5.60 Å². The van der Waals surface area contributed by atoms with Crippen molar-refractivity contribution in [3.8, 4) is 0 Å². The molecule has 2 saturated heterocycles. The molecule has 0 aromatic carbocycles. The Balaban J connectivity index is 1.37. The number of nitrogens with one attached hydrogen (secondary N) is 1. The van der Waals surface area contributed by atoms with E-state index in [9.17, 15) is 13.5 Å². The van der Waals surface area contributed by atoms with Crippen molar-refractivity contribution >= 4 is 10.2 Å². The summed E-state index contributed by atoms with van der Waals surface area (Å²) < 4.78 is 29.3. The molecule has 1 spiro atoms. The molecule has 0 radical (unpaired) electrons. The van der Waals surface area contributed by atoms with Crippen LogP contribution in [0.1, 0.15) is 63.5 Å². The Hall–Kier alpha value is -0.960. The van der Waals surface area contributed by atoms with Crippen LogP contribution in [0.4, 0.5) is 0 Å². The second-order valence-corrected chi connectivity index (χ2v) is 10.3. The van der Waals surface area contributed by atoms with Gasteiger partial charge in [-0.2, -0.15) is 22.1 Å². The van der Waals surface area contributed by atoms with Crippen molar-refractivity contribution in [2.24, 2.45) is 5.41 Å². The lowest BCUT2D eigenvalue weighted by atomic mass is 9.68. The van der Waals surface area contributed by atoms with E-state index in [1.54, 1.807) is 20.9 Å². The average Bonchev–Trinajstić information content (AvgIpc) is 3.19. The minimum absolute atomic E-state index is 0.347. The van der Waals surface area contributed by atoms with E-state index < -0.39 is 15.8 Å². The average molecular weight is 383 g/mol. The van der Waals surface area contributed by atoms with Crippen molar-refractivity contribution in [1.82, 2.24) is 18.8 Å². The predicted octanol–water partition coefficient (Wildman–Crippen LogP) is 1.98. The highest BCUT2D eigenvalue weighted by Gasteiger charge is 2.43. The van der Waals surface area contributed by atoms with Gasteiger partial charge < -0.3 is 5.11 Å². The van der Waals surface area contributed by atoms with Crippen LogP contribution in [0.3, 0.4) is 0 Å². The summed E-state index contributed by atoms with van der Waals surface area (Å²) in [7, 11) is -3.43. The number of aromatic nitrogens is 2. The first-order valence-corrected chi connectivity index (χ1v) is 11.3. The van der Waals surface area contributed by atoms with Gasteiger partial charge in [0, 0.05) is 32.4 Å². The molecule has 0 atom stereocenters. The predicted molar refractivity (Wildman–Crippen MR) is 98.5 cm³/mol. The standard InChI is InChI=1S/C18H30N4O3S/c23-18(16-4-11-19-20-16)9-14-22(15-10-18)26(24,25)21-12-7-17(8-13-21)5-2-1-3-6-17/h4,11,23H,1-3,5-10,12-15H2,(H,19,20). The van der Waals surface area contributed by atoms with Gasteiger partial charge in [0.05, 0.1) is 5.69 Å². The lowest BCUT2D eigenvalue weighted by molar-refractivity contribution is -0.0148. The summed E-state index contributed by atoms with van der Waals surface area (Å²) in [6.07, 6.45) is 10.9. The van der Waals surface area contributed by atoms with E-state index in [0.29, 0.717) is 50.1 Å². The normalized spacial score (nSPS) is 27.6. The van der Waals surface area contributed by atoms with E-state index in [0.717, 1.165) is 12.8 Å². The van der Waals surface area contributed by atoms with Crippen LogP contribution in [0.15, 0.2) is 12.3 Å². The Bertz CT molecular complexity index is 695. The van der Waals surface area contributed by atoms with Crippen LogP contribution in [0, 0.1) is 5.41 Å². The number of hydrogen-bond donors (Lipinski definition) is 2. The summed E-state index contributed by atoms with van der Waals surface area (Å²) in [6, 6.07) is 1.76. The minimum Gasteiger partial charge on any atom is -0.383 e. The van der Waals surface area contributed by atoms with Gasteiger partial charge in [-0.1, -0.05) is 19.3 Å². The molecule has 4 rings (SSSR count). The van der Waals surface area contributed by atoms with E-state index in [2.05, 4.69) is 10.2 Å². The van der Waals surface area contributed by atoms with Gasteiger partial charge in [0.2, 0.25) is 0 Å². The van der Waals surface area contributed by atoms with E-state index >= 15 is 0 Å². The Morgan fingerprint density at radius 3 is 2.04 bits per heavy atom. The van der Waals surface area contributed by atoms with Crippen LogP contribution >= 0.6 is 0 Å². The maximum Gasteiger partial charge on any atom is 0.281 e. The molecule has 26 heavy (non-hydrogen) atoms. The number of H-pyrrole nitrogens is 1. The first-order chi connectivity index (χ1) is 12.4. The molecule has 3 aliphatic rings. The molecule has 2 aliphatic heterocycles. The Morgan fingerprint density at radius 2 is 1.50 bits per heavy atom. The number of rotatable bonds is 3. The van der Waals surface area contributed by atoms with Gasteiger partial charge in [-0.3, -0.25) is 5.10 Å². The molecular formula is C18H30N4O3S. The highest BCUT2D eigenvalue weighted by atomic mass is 32.2. The van der Waals surface area contributed by atoms with Crippen LogP contribution in [-0.4, -0.2) is 58.5 Å². The number of aliphatic hydroxyl groups is 1. The van der Waals surface area contributed by atoms with Crippen LogP contribution in [0.5, 0.6) is 0 Å².